The maximum Gasteiger partial charge on any atom is 0.288 e. The van der Waals surface area contributed by atoms with Gasteiger partial charge in [-0.1, -0.05) is 30.8 Å². The van der Waals surface area contributed by atoms with Gasteiger partial charge in [0, 0.05) is 17.0 Å². The van der Waals surface area contributed by atoms with E-state index in [1.165, 1.54) is 24.3 Å². The van der Waals surface area contributed by atoms with Crippen LogP contribution in [0.4, 0.5) is 14.5 Å². The van der Waals surface area contributed by atoms with Gasteiger partial charge in [0.1, 0.15) is 0 Å². The van der Waals surface area contributed by atoms with Crippen molar-refractivity contribution in [2.45, 2.75) is 24.0 Å². The highest BCUT2D eigenvalue weighted by atomic mass is 32.2. The summed E-state index contributed by atoms with van der Waals surface area (Å²) in [5, 5.41) is 5.45. The van der Waals surface area contributed by atoms with Gasteiger partial charge in [0.05, 0.1) is 11.3 Å². The molecule has 0 saturated carbocycles. The Balaban J connectivity index is 2.11. The Bertz CT molecular complexity index is 736. The molecule has 0 aliphatic carbocycles. The minimum atomic E-state index is -2.51. The molecule has 2 aromatic rings. The van der Waals surface area contributed by atoms with Crippen molar-refractivity contribution in [1.29, 1.82) is 0 Å². The quantitative estimate of drug-likeness (QED) is 0.716. The first-order chi connectivity index (χ1) is 12.0. The average Bonchev–Trinajstić information content (AvgIpc) is 2.60. The molecule has 0 aromatic heterocycles. The standard InChI is InChI=1S/C18H18F2N2O2S/c1-2-11-21-17(24)14-5-3-4-6-15(14)22-16(23)12-7-9-13(10-8-12)25-18(19)20/h3-10,18H,2,11H2,1H3,(H,21,24)(H,22,23). The molecule has 0 atom stereocenters. The summed E-state index contributed by atoms with van der Waals surface area (Å²) in [7, 11) is 0. The van der Waals surface area contributed by atoms with E-state index >= 15 is 0 Å². The number of amides is 2. The smallest absolute Gasteiger partial charge is 0.288 e. The Kier molecular flexibility index (Phi) is 6.94. The van der Waals surface area contributed by atoms with Crippen LogP contribution in [-0.4, -0.2) is 24.1 Å². The molecular formula is C18H18F2N2O2S. The number of anilines is 1. The molecule has 0 spiro atoms. The number of nitrogens with one attached hydrogen (secondary N) is 2. The molecule has 0 aliphatic rings. The van der Waals surface area contributed by atoms with Gasteiger partial charge in [0.15, 0.2) is 0 Å². The van der Waals surface area contributed by atoms with E-state index in [2.05, 4.69) is 10.6 Å². The van der Waals surface area contributed by atoms with Crippen LogP contribution in [-0.2, 0) is 0 Å². The fraction of sp³-hybridized carbons (Fsp3) is 0.222. The Hall–Kier alpha value is -2.41. The number of halogens is 2. The number of hydrogen-bond acceptors (Lipinski definition) is 3. The van der Waals surface area contributed by atoms with Crippen molar-refractivity contribution in [2.24, 2.45) is 0 Å². The van der Waals surface area contributed by atoms with E-state index in [-0.39, 0.29) is 5.91 Å². The molecule has 4 nitrogen and oxygen atoms in total. The molecule has 0 saturated heterocycles. The molecule has 0 aliphatic heterocycles. The van der Waals surface area contributed by atoms with Crippen molar-refractivity contribution in [3.8, 4) is 0 Å². The lowest BCUT2D eigenvalue weighted by Crippen LogP contribution is -2.25. The summed E-state index contributed by atoms with van der Waals surface area (Å²) < 4.78 is 24.6. The largest absolute Gasteiger partial charge is 0.352 e. The highest BCUT2D eigenvalue weighted by Crippen LogP contribution is 2.25. The highest BCUT2D eigenvalue weighted by molar-refractivity contribution is 7.99. The van der Waals surface area contributed by atoms with Crippen molar-refractivity contribution in [1.82, 2.24) is 5.32 Å². The second-order valence-electron chi connectivity index (χ2n) is 5.16. The zero-order valence-corrected chi connectivity index (χ0v) is 14.4. The maximum absolute atomic E-state index is 12.3. The number of alkyl halides is 2. The van der Waals surface area contributed by atoms with Crippen molar-refractivity contribution in [2.75, 3.05) is 11.9 Å². The topological polar surface area (TPSA) is 58.2 Å². The maximum atomic E-state index is 12.3. The van der Waals surface area contributed by atoms with E-state index in [0.717, 1.165) is 6.42 Å². The average molecular weight is 364 g/mol. The minimum Gasteiger partial charge on any atom is -0.352 e. The molecule has 2 N–H and O–H groups in total. The Morgan fingerprint density at radius 2 is 1.72 bits per heavy atom. The molecule has 7 heteroatoms. The fourth-order valence-corrected chi connectivity index (χ4v) is 2.61. The van der Waals surface area contributed by atoms with E-state index in [1.54, 1.807) is 24.3 Å². The monoisotopic (exact) mass is 364 g/mol. The molecular weight excluding hydrogens is 346 g/mol. The number of benzene rings is 2. The summed E-state index contributed by atoms with van der Waals surface area (Å²) >= 11 is 0.419. The second-order valence-corrected chi connectivity index (χ2v) is 6.22. The number of para-hydroxylation sites is 1. The van der Waals surface area contributed by atoms with Gasteiger partial charge in [-0.2, -0.15) is 8.78 Å². The minimum absolute atomic E-state index is 0.263. The van der Waals surface area contributed by atoms with Gasteiger partial charge in [-0.3, -0.25) is 9.59 Å². The number of thioether (sulfide) groups is 1. The zero-order chi connectivity index (χ0) is 18.2. The number of hydrogen-bond donors (Lipinski definition) is 2. The SMILES string of the molecule is CCCNC(=O)c1ccccc1NC(=O)c1ccc(SC(F)F)cc1. The predicted octanol–water partition coefficient (Wildman–Crippen LogP) is 4.39. The van der Waals surface area contributed by atoms with Gasteiger partial charge < -0.3 is 10.6 Å². The molecule has 0 unspecified atom stereocenters. The summed E-state index contributed by atoms with van der Waals surface area (Å²) in [5.74, 6) is -3.18. The van der Waals surface area contributed by atoms with Crippen LogP contribution < -0.4 is 10.6 Å². The molecule has 2 amide bonds. The summed E-state index contributed by atoms with van der Waals surface area (Å²) in [5.41, 5.74) is 1.09. The normalized spacial score (nSPS) is 10.6. The van der Waals surface area contributed by atoms with Gasteiger partial charge in [0.25, 0.3) is 17.6 Å². The lowest BCUT2D eigenvalue weighted by molar-refractivity contribution is 0.0954. The van der Waals surface area contributed by atoms with Crippen LogP contribution in [0.3, 0.4) is 0 Å². The molecule has 0 radical (unpaired) electrons. The van der Waals surface area contributed by atoms with Crippen LogP contribution >= 0.6 is 11.8 Å². The van der Waals surface area contributed by atoms with Crippen LogP contribution in [0.5, 0.6) is 0 Å². The van der Waals surface area contributed by atoms with Gasteiger partial charge >= 0.3 is 0 Å². The van der Waals surface area contributed by atoms with Gasteiger partial charge in [-0.15, -0.1) is 0 Å². The molecule has 25 heavy (non-hydrogen) atoms. The first-order valence-corrected chi connectivity index (χ1v) is 8.62. The lowest BCUT2D eigenvalue weighted by Gasteiger charge is -2.11. The summed E-state index contributed by atoms with van der Waals surface area (Å²) in [6, 6.07) is 12.6. The zero-order valence-electron chi connectivity index (χ0n) is 13.6. The van der Waals surface area contributed by atoms with Crippen molar-refractivity contribution in [3.05, 3.63) is 59.7 Å². The summed E-state index contributed by atoms with van der Waals surface area (Å²) in [4.78, 5) is 24.9. The molecule has 0 heterocycles. The summed E-state index contributed by atoms with van der Waals surface area (Å²) in [6.07, 6.45) is 0.809. The number of carbonyl (C=O) groups excluding carboxylic acids is 2. The van der Waals surface area contributed by atoms with E-state index in [9.17, 15) is 18.4 Å². The van der Waals surface area contributed by atoms with Crippen LogP contribution in [0.2, 0.25) is 0 Å². The van der Waals surface area contributed by atoms with Crippen LogP contribution in [0.25, 0.3) is 0 Å². The molecule has 0 fully saturated rings. The van der Waals surface area contributed by atoms with E-state index in [1.807, 2.05) is 6.92 Å². The third kappa shape index (κ3) is 5.56. The number of carbonyl (C=O) groups is 2. The van der Waals surface area contributed by atoms with Gasteiger partial charge in [-0.05, 0) is 42.8 Å². The van der Waals surface area contributed by atoms with Crippen molar-refractivity contribution < 1.29 is 18.4 Å². The van der Waals surface area contributed by atoms with Crippen LogP contribution in [0.15, 0.2) is 53.4 Å². The number of rotatable bonds is 7. The Labute approximate surface area is 149 Å². The van der Waals surface area contributed by atoms with Crippen molar-refractivity contribution in [3.63, 3.8) is 0 Å². The molecule has 2 rings (SSSR count). The highest BCUT2D eigenvalue weighted by Gasteiger charge is 2.14. The Morgan fingerprint density at radius 1 is 1.04 bits per heavy atom. The van der Waals surface area contributed by atoms with Crippen molar-refractivity contribution >= 4 is 29.3 Å². The van der Waals surface area contributed by atoms with E-state index in [0.29, 0.717) is 40.0 Å². The second kappa shape index (κ2) is 9.17. The molecule has 0 bridgehead atoms. The first-order valence-electron chi connectivity index (χ1n) is 7.74. The fourth-order valence-electron chi connectivity index (χ4n) is 2.11. The van der Waals surface area contributed by atoms with Crippen LogP contribution in [0, 0.1) is 0 Å². The van der Waals surface area contributed by atoms with E-state index in [4.69, 9.17) is 0 Å². The predicted molar refractivity (Wildman–Crippen MR) is 95.3 cm³/mol. The third-order valence-corrected chi connectivity index (χ3v) is 4.02. The first kappa shape index (κ1) is 18.9. The molecule has 132 valence electrons. The summed E-state index contributed by atoms with van der Waals surface area (Å²) in [6.45, 7) is 2.49. The van der Waals surface area contributed by atoms with Crippen LogP contribution in [0.1, 0.15) is 34.1 Å². The molecule has 2 aromatic carbocycles. The third-order valence-electron chi connectivity index (χ3n) is 3.30. The van der Waals surface area contributed by atoms with Gasteiger partial charge in [0.2, 0.25) is 0 Å². The lowest BCUT2D eigenvalue weighted by atomic mass is 10.1. The Morgan fingerprint density at radius 3 is 2.36 bits per heavy atom. The van der Waals surface area contributed by atoms with E-state index < -0.39 is 11.7 Å². The van der Waals surface area contributed by atoms with Gasteiger partial charge in [-0.25, -0.2) is 0 Å².